The topological polar surface area (TPSA) is 139 Å². The van der Waals surface area contributed by atoms with Crippen molar-refractivity contribution in [1.29, 1.82) is 0 Å². The summed E-state index contributed by atoms with van der Waals surface area (Å²) in [5.74, 6) is -5.75. The number of ether oxygens (including phenoxy) is 2. The molecule has 2 heterocycles. The Morgan fingerprint density at radius 2 is 1.75 bits per heavy atom. The third kappa shape index (κ3) is 3.76. The smallest absolute Gasteiger partial charge is 0.309 e. The maximum absolute atomic E-state index is 14.3. The summed E-state index contributed by atoms with van der Waals surface area (Å²) in [4.78, 5) is 54.6. The lowest BCUT2D eigenvalue weighted by molar-refractivity contribution is -0.437. The van der Waals surface area contributed by atoms with Gasteiger partial charge in [-0.05, 0) is 86.1 Å². The third-order valence-corrected chi connectivity index (χ3v) is 12.6. The fourth-order valence-electron chi connectivity index (χ4n) is 10.3. The van der Waals surface area contributed by atoms with Gasteiger partial charge in [0.05, 0.1) is 17.9 Å². The number of Topliss-reactive ketones (excluding diaryl/α,β-unsaturated/α-hetero) is 2. The Labute approximate surface area is 261 Å². The van der Waals surface area contributed by atoms with E-state index in [-0.39, 0.29) is 29.9 Å². The Morgan fingerprint density at radius 1 is 1.07 bits per heavy atom. The molecule has 7 aliphatic rings. The summed E-state index contributed by atoms with van der Waals surface area (Å²) in [5, 5.41) is 27.8. The summed E-state index contributed by atoms with van der Waals surface area (Å²) in [7, 11) is 0. The summed E-state index contributed by atoms with van der Waals surface area (Å²) in [6, 6.07) is 6.55. The second-order valence-corrected chi connectivity index (χ2v) is 15.1. The Balaban J connectivity index is 1.14. The van der Waals surface area contributed by atoms with Gasteiger partial charge in [-0.15, -0.1) is 0 Å². The lowest BCUT2D eigenvalue weighted by Crippen LogP contribution is -2.85. The molecule has 0 radical (unpaired) electrons. The van der Waals surface area contributed by atoms with Gasteiger partial charge in [0.15, 0.2) is 5.78 Å². The molecule has 5 aliphatic carbocycles. The molecule has 2 saturated heterocycles. The molecule has 2 aliphatic heterocycles. The highest BCUT2D eigenvalue weighted by Gasteiger charge is 2.88. The van der Waals surface area contributed by atoms with E-state index in [4.69, 9.17) is 21.1 Å². The number of nitrogens with one attached hydrogen (secondary N) is 1. The molecule has 5 saturated carbocycles. The number of amides is 1. The minimum absolute atomic E-state index is 0.0557. The summed E-state index contributed by atoms with van der Waals surface area (Å²) >= 11 is 5.93. The van der Waals surface area contributed by atoms with E-state index >= 15 is 0 Å². The molecule has 8 rings (SSSR count). The van der Waals surface area contributed by atoms with Crippen LogP contribution in [0.2, 0.25) is 5.02 Å². The first-order chi connectivity index (χ1) is 20.8. The highest BCUT2D eigenvalue weighted by atomic mass is 35.5. The molecule has 3 N–H and O–H groups in total. The predicted octanol–water partition coefficient (Wildman–Crippen LogP) is 3.78. The standard InChI is InChI=1S/C34H40ClNO8/c1-17-22-12-13-23-32-16-43-34(42,27(39)25(32)31(2,3)15-14-24(32)37)33(23,26(17)38)28(22)44-30(41)19-6-10-21(11-7-19)36-29(40)18-4-8-20(35)9-5-18/h4-5,8-9,19,21-23,25,27-28,39,42H,1,6-7,10-16H2,2-3H3,(H,36,40)/t19?,21?,22-,23-,25+,27-,28+,32+,33-,34+/m0/s1. The van der Waals surface area contributed by atoms with Gasteiger partial charge in [-0.25, -0.2) is 0 Å². The van der Waals surface area contributed by atoms with E-state index in [1.165, 1.54) is 0 Å². The average Bonchev–Trinajstić information content (AvgIpc) is 3.10. The van der Waals surface area contributed by atoms with E-state index in [9.17, 15) is 29.4 Å². The van der Waals surface area contributed by atoms with Crippen LogP contribution in [0.5, 0.6) is 0 Å². The van der Waals surface area contributed by atoms with Crippen molar-refractivity contribution in [2.75, 3.05) is 6.61 Å². The molecule has 236 valence electrons. The molecule has 2 spiro atoms. The fourth-order valence-corrected chi connectivity index (χ4v) is 10.5. The van der Waals surface area contributed by atoms with Crippen LogP contribution >= 0.6 is 11.6 Å². The van der Waals surface area contributed by atoms with Crippen LogP contribution in [0.15, 0.2) is 36.4 Å². The first-order valence-corrected chi connectivity index (χ1v) is 16.2. The number of esters is 1. The van der Waals surface area contributed by atoms with Crippen LogP contribution in [0, 0.1) is 39.9 Å². The van der Waals surface area contributed by atoms with Crippen molar-refractivity contribution >= 4 is 35.0 Å². The van der Waals surface area contributed by atoms with E-state index < -0.39 is 69.7 Å². The Kier molecular flexibility index (Phi) is 6.81. The van der Waals surface area contributed by atoms with Crippen LogP contribution in [0.3, 0.4) is 0 Å². The van der Waals surface area contributed by atoms with Gasteiger partial charge in [0.25, 0.3) is 5.91 Å². The third-order valence-electron chi connectivity index (χ3n) is 12.4. The first kappa shape index (κ1) is 30.1. The van der Waals surface area contributed by atoms with Crippen LogP contribution in [-0.2, 0) is 23.9 Å². The normalized spacial score (nSPS) is 43.7. The van der Waals surface area contributed by atoms with Crippen LogP contribution in [-0.4, -0.2) is 64.3 Å². The van der Waals surface area contributed by atoms with Gasteiger partial charge < -0.3 is 25.0 Å². The molecule has 0 aromatic heterocycles. The second kappa shape index (κ2) is 9.95. The minimum atomic E-state index is -2.32. The molecule has 7 fully saturated rings. The monoisotopic (exact) mass is 625 g/mol. The number of fused-ring (bicyclic) bond motifs is 2. The quantitative estimate of drug-likeness (QED) is 0.339. The van der Waals surface area contributed by atoms with Gasteiger partial charge in [-0.2, -0.15) is 0 Å². The van der Waals surface area contributed by atoms with Gasteiger partial charge in [-0.3, -0.25) is 19.2 Å². The number of ketones is 2. The highest BCUT2D eigenvalue weighted by Crippen LogP contribution is 2.76. The van der Waals surface area contributed by atoms with Crippen molar-refractivity contribution in [3.8, 4) is 0 Å². The fraction of sp³-hybridized carbons (Fsp3) is 0.647. The van der Waals surface area contributed by atoms with Gasteiger partial charge in [0.1, 0.15) is 23.4 Å². The van der Waals surface area contributed by atoms with Gasteiger partial charge in [-0.1, -0.05) is 32.0 Å². The summed E-state index contributed by atoms with van der Waals surface area (Å²) in [6.07, 6.45) is 1.34. The van der Waals surface area contributed by atoms with E-state index in [0.29, 0.717) is 62.0 Å². The van der Waals surface area contributed by atoms with Crippen LogP contribution < -0.4 is 5.32 Å². The lowest BCUT2D eigenvalue weighted by Gasteiger charge is -2.73. The summed E-state index contributed by atoms with van der Waals surface area (Å²) < 4.78 is 12.3. The zero-order valence-corrected chi connectivity index (χ0v) is 25.9. The second-order valence-electron chi connectivity index (χ2n) is 14.7. The SMILES string of the molecule is C=C1C(=O)[C@]23[C@H](OC(=O)C4CCC(NC(=O)c5ccc(Cl)cc5)CC4)[C@H]1CC[C@H]2[C@@]12CO[C@]3(O)[C@@H](O)[C@@H]1C(C)(C)CCC2=O. The highest BCUT2D eigenvalue weighted by molar-refractivity contribution is 6.30. The van der Waals surface area contributed by atoms with Crippen molar-refractivity contribution < 1.29 is 38.9 Å². The van der Waals surface area contributed by atoms with Crippen molar-refractivity contribution in [3.05, 3.63) is 47.0 Å². The maximum Gasteiger partial charge on any atom is 0.309 e. The zero-order chi connectivity index (χ0) is 31.4. The largest absolute Gasteiger partial charge is 0.460 e. The number of hydrogen-bond donors (Lipinski definition) is 3. The van der Waals surface area contributed by atoms with Crippen LogP contribution in [0.4, 0.5) is 0 Å². The number of aliphatic hydroxyl groups is 2. The molecule has 8 atom stereocenters. The zero-order valence-electron chi connectivity index (χ0n) is 25.1. The van der Waals surface area contributed by atoms with Crippen LogP contribution in [0.25, 0.3) is 0 Å². The number of benzene rings is 1. The lowest BCUT2D eigenvalue weighted by atomic mass is 9.36. The summed E-state index contributed by atoms with van der Waals surface area (Å²) in [5.41, 5.74) is -2.68. The minimum Gasteiger partial charge on any atom is -0.460 e. The van der Waals surface area contributed by atoms with Gasteiger partial charge >= 0.3 is 5.97 Å². The van der Waals surface area contributed by atoms with E-state index in [2.05, 4.69) is 11.9 Å². The molecule has 9 nitrogen and oxygen atoms in total. The van der Waals surface area contributed by atoms with Crippen LogP contribution in [0.1, 0.15) is 75.6 Å². The molecule has 1 aromatic carbocycles. The molecule has 10 heteroatoms. The number of halogens is 1. The molecule has 44 heavy (non-hydrogen) atoms. The first-order valence-electron chi connectivity index (χ1n) is 15.9. The number of aliphatic hydroxyl groups excluding tert-OH is 1. The van der Waals surface area contributed by atoms with Gasteiger partial charge in [0, 0.05) is 34.9 Å². The molecular formula is C34H40ClNO8. The van der Waals surface area contributed by atoms with Gasteiger partial charge in [0.2, 0.25) is 5.79 Å². The van der Waals surface area contributed by atoms with Crippen molar-refractivity contribution in [2.24, 2.45) is 39.9 Å². The number of rotatable bonds is 4. The molecular weight excluding hydrogens is 586 g/mol. The number of hydrogen-bond acceptors (Lipinski definition) is 8. The maximum atomic E-state index is 14.3. The number of carbonyl (C=O) groups is 4. The average molecular weight is 626 g/mol. The Bertz CT molecular complexity index is 1450. The van der Waals surface area contributed by atoms with Crippen molar-refractivity contribution in [1.82, 2.24) is 5.32 Å². The Morgan fingerprint density at radius 3 is 2.43 bits per heavy atom. The van der Waals surface area contributed by atoms with E-state index in [1.54, 1.807) is 24.3 Å². The molecule has 4 bridgehead atoms. The molecule has 1 amide bonds. The molecule has 1 aromatic rings. The van der Waals surface area contributed by atoms with E-state index in [1.807, 2.05) is 13.8 Å². The number of carbonyl (C=O) groups excluding carboxylic acids is 4. The van der Waals surface area contributed by atoms with Crippen molar-refractivity contribution in [3.63, 3.8) is 0 Å². The Hall–Kier alpha value is -2.59. The van der Waals surface area contributed by atoms with Crippen molar-refractivity contribution in [2.45, 2.75) is 89.3 Å². The molecule has 0 unspecified atom stereocenters. The predicted molar refractivity (Wildman–Crippen MR) is 158 cm³/mol. The summed E-state index contributed by atoms with van der Waals surface area (Å²) in [6.45, 7) is 7.99. The van der Waals surface area contributed by atoms with E-state index in [0.717, 1.165) is 0 Å².